The van der Waals surface area contributed by atoms with Crippen molar-refractivity contribution in [2.24, 2.45) is 11.7 Å². The maximum absolute atomic E-state index is 9.09. The Morgan fingerprint density at radius 2 is 1.87 bits per heavy atom. The maximum atomic E-state index is 9.09. The first-order valence-corrected chi connectivity index (χ1v) is 8.73. The molecule has 3 N–H and O–H groups in total. The molecule has 0 aliphatic heterocycles. The van der Waals surface area contributed by atoms with Crippen molar-refractivity contribution in [2.45, 2.75) is 58.4 Å². The number of rotatable bonds is 12. The van der Waals surface area contributed by atoms with E-state index in [4.69, 9.17) is 20.3 Å². The average Bonchev–Trinajstić information content (AvgIpc) is 2.55. The highest BCUT2D eigenvalue weighted by Crippen LogP contribution is 2.29. The van der Waals surface area contributed by atoms with Crippen molar-refractivity contribution in [3.8, 4) is 11.5 Å². The van der Waals surface area contributed by atoms with Crippen LogP contribution in [0.1, 0.15) is 51.5 Å². The molecule has 0 spiro atoms. The number of hydrogen-bond donors (Lipinski definition) is 2. The van der Waals surface area contributed by atoms with Crippen LogP contribution in [0.2, 0.25) is 0 Å². The second-order valence-electron chi connectivity index (χ2n) is 6.49. The summed E-state index contributed by atoms with van der Waals surface area (Å²) in [5.41, 5.74) is 6.95. The van der Waals surface area contributed by atoms with E-state index in [0.29, 0.717) is 12.5 Å². The number of ether oxygens (including phenoxy) is 2. The van der Waals surface area contributed by atoms with Crippen LogP contribution in [0.25, 0.3) is 0 Å². The van der Waals surface area contributed by atoms with E-state index in [-0.39, 0.29) is 12.6 Å². The minimum atomic E-state index is 0.237. The predicted molar refractivity (Wildman–Crippen MR) is 95.2 cm³/mol. The fourth-order valence-electron chi connectivity index (χ4n) is 2.42. The molecule has 0 aliphatic rings. The van der Waals surface area contributed by atoms with E-state index in [1.807, 2.05) is 19.1 Å². The average molecular weight is 323 g/mol. The number of aliphatic hydroxyl groups excluding tert-OH is 1. The van der Waals surface area contributed by atoms with Crippen molar-refractivity contribution >= 4 is 0 Å². The fourth-order valence-corrected chi connectivity index (χ4v) is 2.42. The molecule has 23 heavy (non-hydrogen) atoms. The number of benzene rings is 1. The van der Waals surface area contributed by atoms with E-state index in [0.717, 1.165) is 50.0 Å². The van der Waals surface area contributed by atoms with E-state index >= 15 is 0 Å². The molecule has 2 unspecified atom stereocenters. The molecule has 1 aromatic carbocycles. The number of aryl methyl sites for hydroxylation is 1. The van der Waals surface area contributed by atoms with Crippen LogP contribution in [0.4, 0.5) is 0 Å². The molecule has 4 nitrogen and oxygen atoms in total. The molecule has 0 heterocycles. The number of hydrogen-bond acceptors (Lipinski definition) is 4. The summed E-state index contributed by atoms with van der Waals surface area (Å²) in [6, 6.07) is 6.39. The van der Waals surface area contributed by atoms with Gasteiger partial charge in [0.2, 0.25) is 0 Å². The Kier molecular flexibility index (Phi) is 9.72. The smallest absolute Gasteiger partial charge is 0.161 e. The number of aliphatic hydroxyl groups is 1. The Bertz CT molecular complexity index is 435. The van der Waals surface area contributed by atoms with Crippen molar-refractivity contribution in [1.82, 2.24) is 0 Å². The first-order chi connectivity index (χ1) is 11.1. The molecular weight excluding hydrogens is 290 g/mol. The van der Waals surface area contributed by atoms with Crippen molar-refractivity contribution in [2.75, 3.05) is 20.3 Å². The van der Waals surface area contributed by atoms with Crippen LogP contribution in [-0.2, 0) is 6.42 Å². The van der Waals surface area contributed by atoms with Gasteiger partial charge in [0.1, 0.15) is 0 Å². The molecule has 132 valence electrons. The predicted octanol–water partition coefficient (Wildman–Crippen LogP) is 3.54. The van der Waals surface area contributed by atoms with Crippen LogP contribution in [-0.4, -0.2) is 31.5 Å². The monoisotopic (exact) mass is 323 g/mol. The van der Waals surface area contributed by atoms with Gasteiger partial charge in [-0.1, -0.05) is 25.8 Å². The molecule has 0 saturated heterocycles. The molecule has 0 fully saturated rings. The quantitative estimate of drug-likeness (QED) is 0.577. The van der Waals surface area contributed by atoms with E-state index in [1.165, 1.54) is 5.56 Å². The van der Waals surface area contributed by atoms with Gasteiger partial charge in [0.25, 0.3) is 0 Å². The lowest BCUT2D eigenvalue weighted by Crippen LogP contribution is -2.14. The van der Waals surface area contributed by atoms with E-state index in [1.54, 1.807) is 7.11 Å². The van der Waals surface area contributed by atoms with Crippen LogP contribution in [0.3, 0.4) is 0 Å². The summed E-state index contributed by atoms with van der Waals surface area (Å²) in [5, 5.41) is 9.09. The zero-order chi connectivity index (χ0) is 17.1. The molecule has 1 rings (SSSR count). The Morgan fingerprint density at radius 3 is 2.52 bits per heavy atom. The van der Waals surface area contributed by atoms with Gasteiger partial charge in [0.05, 0.1) is 13.7 Å². The standard InChI is InChI=1S/C19H33NO3/c1-15(14-21)8-9-17-10-11-18(19(13-17)22-3)23-12-6-4-5-7-16(2)20/h10-11,13,15-16,21H,4-9,12,14,20H2,1-3H3. The first kappa shape index (κ1) is 19.8. The molecule has 0 radical (unpaired) electrons. The summed E-state index contributed by atoms with van der Waals surface area (Å²) in [4.78, 5) is 0. The van der Waals surface area contributed by atoms with Gasteiger partial charge in [-0.3, -0.25) is 0 Å². The molecule has 0 aliphatic carbocycles. The topological polar surface area (TPSA) is 64.7 Å². The van der Waals surface area contributed by atoms with Gasteiger partial charge in [-0.25, -0.2) is 0 Å². The SMILES string of the molecule is COc1cc(CCC(C)CO)ccc1OCCCCCC(C)N. The van der Waals surface area contributed by atoms with Crippen LogP contribution in [0, 0.1) is 5.92 Å². The minimum absolute atomic E-state index is 0.237. The zero-order valence-electron chi connectivity index (χ0n) is 14.9. The van der Waals surface area contributed by atoms with Crippen LogP contribution < -0.4 is 15.2 Å². The summed E-state index contributed by atoms with van der Waals surface area (Å²) in [6.07, 6.45) is 6.31. The van der Waals surface area contributed by atoms with Crippen LogP contribution in [0.5, 0.6) is 11.5 Å². The minimum Gasteiger partial charge on any atom is -0.493 e. The third-order valence-corrected chi connectivity index (χ3v) is 4.03. The Balaban J connectivity index is 2.40. The third-order valence-electron chi connectivity index (χ3n) is 4.03. The Hall–Kier alpha value is -1.26. The summed E-state index contributed by atoms with van der Waals surface area (Å²) in [6.45, 7) is 5.04. The molecule has 0 bridgehead atoms. The summed E-state index contributed by atoms with van der Waals surface area (Å²) in [7, 11) is 1.67. The van der Waals surface area contributed by atoms with Gasteiger partial charge in [-0.2, -0.15) is 0 Å². The zero-order valence-corrected chi connectivity index (χ0v) is 14.9. The maximum Gasteiger partial charge on any atom is 0.161 e. The van der Waals surface area contributed by atoms with Gasteiger partial charge in [0, 0.05) is 12.6 Å². The van der Waals surface area contributed by atoms with Gasteiger partial charge < -0.3 is 20.3 Å². The summed E-state index contributed by atoms with van der Waals surface area (Å²) >= 11 is 0. The molecule has 4 heteroatoms. The highest BCUT2D eigenvalue weighted by Gasteiger charge is 2.07. The Labute approximate surface area is 141 Å². The molecule has 0 aromatic heterocycles. The summed E-state index contributed by atoms with van der Waals surface area (Å²) in [5.74, 6) is 1.92. The second kappa shape index (κ2) is 11.3. The molecule has 2 atom stereocenters. The lowest BCUT2D eigenvalue weighted by Gasteiger charge is -2.13. The van der Waals surface area contributed by atoms with E-state index in [2.05, 4.69) is 13.0 Å². The highest BCUT2D eigenvalue weighted by molar-refractivity contribution is 5.43. The van der Waals surface area contributed by atoms with Gasteiger partial charge in [-0.05, 0) is 56.2 Å². The lowest BCUT2D eigenvalue weighted by atomic mass is 10.0. The molecule has 1 aromatic rings. The van der Waals surface area contributed by atoms with Crippen molar-refractivity contribution in [1.29, 1.82) is 0 Å². The van der Waals surface area contributed by atoms with Crippen LogP contribution in [0.15, 0.2) is 18.2 Å². The number of unbranched alkanes of at least 4 members (excludes halogenated alkanes) is 2. The summed E-state index contributed by atoms with van der Waals surface area (Å²) < 4.78 is 11.3. The molecular formula is C19H33NO3. The molecule has 0 saturated carbocycles. The van der Waals surface area contributed by atoms with Crippen molar-refractivity contribution in [3.63, 3.8) is 0 Å². The molecule has 0 amide bonds. The normalized spacial score (nSPS) is 13.6. The van der Waals surface area contributed by atoms with Gasteiger partial charge in [-0.15, -0.1) is 0 Å². The third kappa shape index (κ3) is 8.24. The van der Waals surface area contributed by atoms with E-state index < -0.39 is 0 Å². The second-order valence-corrected chi connectivity index (χ2v) is 6.49. The van der Waals surface area contributed by atoms with Crippen LogP contribution >= 0.6 is 0 Å². The highest BCUT2D eigenvalue weighted by atomic mass is 16.5. The Morgan fingerprint density at radius 1 is 1.09 bits per heavy atom. The van der Waals surface area contributed by atoms with Crippen molar-refractivity contribution in [3.05, 3.63) is 23.8 Å². The van der Waals surface area contributed by atoms with Gasteiger partial charge in [0.15, 0.2) is 11.5 Å². The van der Waals surface area contributed by atoms with Crippen molar-refractivity contribution < 1.29 is 14.6 Å². The van der Waals surface area contributed by atoms with Gasteiger partial charge >= 0.3 is 0 Å². The van der Waals surface area contributed by atoms with E-state index in [9.17, 15) is 0 Å². The lowest BCUT2D eigenvalue weighted by molar-refractivity contribution is 0.230. The first-order valence-electron chi connectivity index (χ1n) is 8.73. The number of methoxy groups -OCH3 is 1. The number of nitrogens with two attached hydrogens (primary N) is 1. The largest absolute Gasteiger partial charge is 0.493 e. The fraction of sp³-hybridized carbons (Fsp3) is 0.684.